The van der Waals surface area contributed by atoms with Gasteiger partial charge < -0.3 is 15.8 Å². The number of carbonyl (C=O) groups excluding carboxylic acids is 2. The first-order valence-electron chi connectivity index (χ1n) is 8.23. The molecule has 1 heterocycles. The SMILES string of the molecule is NC(=O)NC(=O)c1cccc(NCc2cccc(Oc3ccccn3)c2)c1. The van der Waals surface area contributed by atoms with Crippen molar-refractivity contribution in [2.45, 2.75) is 6.54 Å². The summed E-state index contributed by atoms with van der Waals surface area (Å²) in [7, 11) is 0. The maximum absolute atomic E-state index is 11.8. The number of aromatic nitrogens is 1. The fourth-order valence-corrected chi connectivity index (χ4v) is 2.41. The maximum atomic E-state index is 11.8. The van der Waals surface area contributed by atoms with Crippen LogP contribution in [0.3, 0.4) is 0 Å². The van der Waals surface area contributed by atoms with Gasteiger partial charge in [-0.25, -0.2) is 9.78 Å². The average molecular weight is 362 g/mol. The lowest BCUT2D eigenvalue weighted by Gasteiger charge is -2.10. The van der Waals surface area contributed by atoms with Gasteiger partial charge in [-0.2, -0.15) is 0 Å². The van der Waals surface area contributed by atoms with Crippen LogP contribution in [0, 0.1) is 0 Å². The number of imide groups is 1. The Labute approximate surface area is 156 Å². The van der Waals surface area contributed by atoms with Crippen LogP contribution in [0.15, 0.2) is 72.9 Å². The Kier molecular flexibility index (Phi) is 5.64. The molecule has 3 rings (SSSR count). The van der Waals surface area contributed by atoms with Crippen molar-refractivity contribution in [2.24, 2.45) is 5.73 Å². The van der Waals surface area contributed by atoms with Gasteiger partial charge in [-0.15, -0.1) is 0 Å². The van der Waals surface area contributed by atoms with E-state index < -0.39 is 11.9 Å². The zero-order valence-electron chi connectivity index (χ0n) is 14.4. The molecule has 7 heteroatoms. The largest absolute Gasteiger partial charge is 0.439 e. The predicted molar refractivity (Wildman–Crippen MR) is 102 cm³/mol. The van der Waals surface area contributed by atoms with E-state index in [-0.39, 0.29) is 0 Å². The second-order valence-electron chi connectivity index (χ2n) is 5.67. The highest BCUT2D eigenvalue weighted by Crippen LogP contribution is 2.21. The molecule has 7 nitrogen and oxygen atoms in total. The molecular weight excluding hydrogens is 344 g/mol. The molecule has 0 fully saturated rings. The first kappa shape index (κ1) is 17.9. The van der Waals surface area contributed by atoms with Gasteiger partial charge >= 0.3 is 6.03 Å². The normalized spacial score (nSPS) is 10.1. The summed E-state index contributed by atoms with van der Waals surface area (Å²) in [5.74, 6) is 0.662. The fraction of sp³-hybridized carbons (Fsp3) is 0.0500. The summed E-state index contributed by atoms with van der Waals surface area (Å²) < 4.78 is 5.72. The number of nitrogens with one attached hydrogen (secondary N) is 2. The van der Waals surface area contributed by atoms with Crippen molar-refractivity contribution in [1.82, 2.24) is 10.3 Å². The number of amides is 3. The Morgan fingerprint density at radius 2 is 1.85 bits per heavy atom. The molecule has 136 valence electrons. The van der Waals surface area contributed by atoms with E-state index in [2.05, 4.69) is 10.3 Å². The van der Waals surface area contributed by atoms with Crippen LogP contribution in [0.25, 0.3) is 0 Å². The van der Waals surface area contributed by atoms with Crippen molar-refractivity contribution in [2.75, 3.05) is 5.32 Å². The van der Waals surface area contributed by atoms with Crippen LogP contribution < -0.4 is 21.1 Å². The summed E-state index contributed by atoms with van der Waals surface area (Å²) in [5, 5.41) is 5.27. The van der Waals surface area contributed by atoms with Gasteiger partial charge in [-0.05, 0) is 42.0 Å². The van der Waals surface area contributed by atoms with E-state index in [1.54, 1.807) is 30.5 Å². The molecule has 0 unspecified atom stereocenters. The number of rotatable bonds is 6. The van der Waals surface area contributed by atoms with E-state index in [1.807, 2.05) is 47.8 Å². The Morgan fingerprint density at radius 1 is 1.00 bits per heavy atom. The zero-order chi connectivity index (χ0) is 19.1. The first-order valence-corrected chi connectivity index (χ1v) is 8.23. The van der Waals surface area contributed by atoms with Crippen molar-refractivity contribution in [3.8, 4) is 11.6 Å². The molecule has 2 aromatic carbocycles. The second kappa shape index (κ2) is 8.48. The van der Waals surface area contributed by atoms with E-state index in [9.17, 15) is 9.59 Å². The molecule has 0 saturated heterocycles. The fourth-order valence-electron chi connectivity index (χ4n) is 2.41. The van der Waals surface area contributed by atoms with E-state index in [4.69, 9.17) is 10.5 Å². The molecule has 3 amide bonds. The topological polar surface area (TPSA) is 106 Å². The zero-order valence-corrected chi connectivity index (χ0v) is 14.4. The Hall–Kier alpha value is -3.87. The third-order valence-electron chi connectivity index (χ3n) is 3.62. The highest BCUT2D eigenvalue weighted by atomic mass is 16.5. The highest BCUT2D eigenvalue weighted by molar-refractivity contribution is 6.04. The quantitative estimate of drug-likeness (QED) is 0.624. The van der Waals surface area contributed by atoms with Gasteiger partial charge in [0.1, 0.15) is 5.75 Å². The number of nitrogens with two attached hydrogens (primary N) is 1. The van der Waals surface area contributed by atoms with E-state index in [0.29, 0.717) is 23.7 Å². The monoisotopic (exact) mass is 362 g/mol. The molecule has 3 aromatic rings. The molecule has 0 spiro atoms. The van der Waals surface area contributed by atoms with Crippen LogP contribution in [0.1, 0.15) is 15.9 Å². The van der Waals surface area contributed by atoms with E-state index in [1.165, 1.54) is 0 Å². The Morgan fingerprint density at radius 3 is 2.63 bits per heavy atom. The third-order valence-corrected chi connectivity index (χ3v) is 3.62. The number of carbonyl (C=O) groups is 2. The lowest BCUT2D eigenvalue weighted by Crippen LogP contribution is -2.34. The van der Waals surface area contributed by atoms with Gasteiger partial charge in [-0.1, -0.05) is 24.3 Å². The Bertz CT molecular complexity index is 945. The van der Waals surface area contributed by atoms with Crippen molar-refractivity contribution in [3.05, 3.63) is 84.1 Å². The summed E-state index contributed by atoms with van der Waals surface area (Å²) >= 11 is 0. The molecular formula is C20H18N4O3. The van der Waals surface area contributed by atoms with Gasteiger partial charge in [0.2, 0.25) is 5.88 Å². The summed E-state index contributed by atoms with van der Waals surface area (Å²) in [6.07, 6.45) is 1.67. The van der Waals surface area contributed by atoms with Gasteiger partial charge in [0.05, 0.1) is 0 Å². The second-order valence-corrected chi connectivity index (χ2v) is 5.67. The standard InChI is InChI=1S/C20H18N4O3/c21-20(26)24-19(25)15-6-4-7-16(12-15)23-13-14-5-3-8-17(11-14)27-18-9-1-2-10-22-18/h1-12,23H,13H2,(H3,21,24,25,26). The number of benzene rings is 2. The molecule has 4 N–H and O–H groups in total. The molecule has 0 bridgehead atoms. The summed E-state index contributed by atoms with van der Waals surface area (Å²) in [4.78, 5) is 26.8. The number of hydrogen-bond acceptors (Lipinski definition) is 5. The lowest BCUT2D eigenvalue weighted by molar-refractivity contribution is 0.0966. The van der Waals surface area contributed by atoms with Crippen molar-refractivity contribution < 1.29 is 14.3 Å². The third kappa shape index (κ3) is 5.30. The minimum Gasteiger partial charge on any atom is -0.439 e. The predicted octanol–water partition coefficient (Wildman–Crippen LogP) is 3.29. The molecule has 27 heavy (non-hydrogen) atoms. The highest BCUT2D eigenvalue weighted by Gasteiger charge is 2.08. The minimum absolute atomic E-state index is 0.339. The van der Waals surface area contributed by atoms with Gasteiger partial charge in [0.15, 0.2) is 0 Å². The van der Waals surface area contributed by atoms with E-state index >= 15 is 0 Å². The Balaban J connectivity index is 1.64. The molecule has 0 aliphatic heterocycles. The van der Waals surface area contributed by atoms with Crippen LogP contribution >= 0.6 is 0 Å². The summed E-state index contributed by atoms with van der Waals surface area (Å²) in [5.41, 5.74) is 7.04. The average Bonchev–Trinajstić information content (AvgIpc) is 2.67. The van der Waals surface area contributed by atoms with Crippen molar-refractivity contribution >= 4 is 17.6 Å². The van der Waals surface area contributed by atoms with Gasteiger partial charge in [0, 0.05) is 30.1 Å². The maximum Gasteiger partial charge on any atom is 0.319 e. The number of pyridine rings is 1. The van der Waals surface area contributed by atoms with Crippen molar-refractivity contribution in [3.63, 3.8) is 0 Å². The summed E-state index contributed by atoms with van der Waals surface area (Å²) in [6, 6.07) is 19.0. The van der Waals surface area contributed by atoms with Crippen LogP contribution in [-0.2, 0) is 6.54 Å². The minimum atomic E-state index is -0.886. The molecule has 0 saturated carbocycles. The first-order chi connectivity index (χ1) is 13.1. The number of nitrogens with zero attached hydrogens (tertiary/aromatic N) is 1. The smallest absolute Gasteiger partial charge is 0.319 e. The molecule has 0 atom stereocenters. The molecule has 0 aliphatic carbocycles. The number of primary amides is 1. The number of ether oxygens (including phenoxy) is 1. The van der Waals surface area contributed by atoms with Crippen LogP contribution in [0.2, 0.25) is 0 Å². The molecule has 0 aliphatic rings. The summed E-state index contributed by atoms with van der Waals surface area (Å²) in [6.45, 7) is 0.528. The molecule has 0 radical (unpaired) electrons. The molecule has 1 aromatic heterocycles. The number of anilines is 1. The lowest BCUT2D eigenvalue weighted by atomic mass is 10.1. The number of hydrogen-bond donors (Lipinski definition) is 3. The number of urea groups is 1. The van der Waals surface area contributed by atoms with Crippen LogP contribution in [-0.4, -0.2) is 16.9 Å². The van der Waals surface area contributed by atoms with Crippen molar-refractivity contribution in [1.29, 1.82) is 0 Å². The van der Waals surface area contributed by atoms with Gasteiger partial charge in [-0.3, -0.25) is 10.1 Å². The van der Waals surface area contributed by atoms with Crippen LogP contribution in [0.4, 0.5) is 10.5 Å². The van der Waals surface area contributed by atoms with Crippen LogP contribution in [0.5, 0.6) is 11.6 Å². The van der Waals surface area contributed by atoms with E-state index in [0.717, 1.165) is 11.3 Å². The van der Waals surface area contributed by atoms with Gasteiger partial charge in [0.25, 0.3) is 5.91 Å².